The van der Waals surface area contributed by atoms with Gasteiger partial charge in [-0.25, -0.2) is 0 Å². The third kappa shape index (κ3) is 4.07. The van der Waals surface area contributed by atoms with E-state index in [1.807, 2.05) is 6.92 Å². The van der Waals surface area contributed by atoms with Gasteiger partial charge in [0.2, 0.25) is 0 Å². The maximum atomic E-state index is 9.93. The highest BCUT2D eigenvalue weighted by atomic mass is 16.3. The molecule has 0 aromatic rings. The zero-order chi connectivity index (χ0) is 9.90. The molecule has 2 N–H and O–H groups in total. The van der Waals surface area contributed by atoms with Crippen molar-refractivity contribution in [3.63, 3.8) is 0 Å². The fourth-order valence-electron chi connectivity index (χ4n) is 1.88. The van der Waals surface area contributed by atoms with Crippen molar-refractivity contribution < 1.29 is 5.11 Å². The van der Waals surface area contributed by atoms with Gasteiger partial charge < -0.3 is 10.4 Å². The first kappa shape index (κ1) is 11.0. The van der Waals surface area contributed by atoms with Crippen molar-refractivity contribution in [2.45, 2.75) is 26.4 Å². The second-order valence-corrected chi connectivity index (χ2v) is 4.80. The van der Waals surface area contributed by atoms with Gasteiger partial charge in [-0.2, -0.15) is 0 Å². The molecule has 3 heteroatoms. The van der Waals surface area contributed by atoms with Crippen LogP contribution >= 0.6 is 0 Å². The summed E-state index contributed by atoms with van der Waals surface area (Å²) in [7, 11) is 0. The lowest BCUT2D eigenvalue weighted by Gasteiger charge is -2.28. The first-order valence-corrected chi connectivity index (χ1v) is 5.15. The molecule has 78 valence electrons. The number of hydrogen-bond donors (Lipinski definition) is 2. The molecule has 13 heavy (non-hydrogen) atoms. The fourth-order valence-corrected chi connectivity index (χ4v) is 1.88. The Morgan fingerprint density at radius 2 is 2.23 bits per heavy atom. The summed E-state index contributed by atoms with van der Waals surface area (Å²) in [5, 5.41) is 13.2. The zero-order valence-electron chi connectivity index (χ0n) is 9.01. The topological polar surface area (TPSA) is 35.5 Å². The molecule has 1 saturated heterocycles. The van der Waals surface area contributed by atoms with E-state index in [9.17, 15) is 5.11 Å². The summed E-state index contributed by atoms with van der Waals surface area (Å²) in [5.41, 5.74) is -0.564. The van der Waals surface area contributed by atoms with E-state index >= 15 is 0 Å². The van der Waals surface area contributed by atoms with E-state index in [2.05, 4.69) is 24.1 Å². The average Bonchev–Trinajstić information content (AvgIpc) is 2.09. The lowest BCUT2D eigenvalue weighted by Crippen LogP contribution is -2.44. The Bertz CT molecular complexity index is 157. The molecule has 3 nitrogen and oxygen atoms in total. The Kier molecular flexibility index (Phi) is 3.71. The molecule has 0 aromatic carbocycles. The van der Waals surface area contributed by atoms with Crippen LogP contribution in [0.3, 0.4) is 0 Å². The van der Waals surface area contributed by atoms with E-state index in [1.165, 1.54) is 0 Å². The molecule has 0 aromatic heterocycles. The third-order valence-electron chi connectivity index (χ3n) is 2.30. The van der Waals surface area contributed by atoms with Crippen LogP contribution in [0.15, 0.2) is 0 Å². The van der Waals surface area contributed by atoms with Crippen LogP contribution in [0, 0.1) is 5.92 Å². The largest absolute Gasteiger partial charge is 0.388 e. The molecule has 1 aliphatic rings. The molecule has 0 bridgehead atoms. The standard InChI is InChI=1S/C10H22N2O/c1-9(2)6-12-5-4-11-7-10(3,13)8-12/h9,11,13H,4-8H2,1-3H3. The van der Waals surface area contributed by atoms with E-state index < -0.39 is 5.60 Å². The molecular formula is C10H22N2O. The smallest absolute Gasteiger partial charge is 0.0869 e. The van der Waals surface area contributed by atoms with Crippen molar-refractivity contribution in [3.8, 4) is 0 Å². The van der Waals surface area contributed by atoms with Gasteiger partial charge in [-0.3, -0.25) is 4.90 Å². The number of β-amino-alcohol motifs (C(OH)–C–C–N with tert-alkyl or cyclic N) is 1. The molecule has 1 rings (SSSR count). The van der Waals surface area contributed by atoms with E-state index in [1.54, 1.807) is 0 Å². The average molecular weight is 186 g/mol. The van der Waals surface area contributed by atoms with Gasteiger partial charge in [0.25, 0.3) is 0 Å². The van der Waals surface area contributed by atoms with Crippen molar-refractivity contribution in [3.05, 3.63) is 0 Å². The maximum Gasteiger partial charge on any atom is 0.0869 e. The highest BCUT2D eigenvalue weighted by Crippen LogP contribution is 2.09. The summed E-state index contributed by atoms with van der Waals surface area (Å²) < 4.78 is 0. The lowest BCUT2D eigenvalue weighted by molar-refractivity contribution is 0.0314. The Labute approximate surface area is 81.1 Å². The second-order valence-electron chi connectivity index (χ2n) is 4.80. The second kappa shape index (κ2) is 4.40. The summed E-state index contributed by atoms with van der Waals surface area (Å²) in [6.45, 7) is 11.0. The quantitative estimate of drug-likeness (QED) is 0.651. The van der Waals surface area contributed by atoms with Gasteiger partial charge in [0, 0.05) is 32.7 Å². The molecule has 0 amide bonds. The number of nitrogens with zero attached hydrogens (tertiary/aromatic N) is 1. The zero-order valence-corrected chi connectivity index (χ0v) is 9.01. The first-order valence-electron chi connectivity index (χ1n) is 5.15. The van der Waals surface area contributed by atoms with Gasteiger partial charge in [0.05, 0.1) is 5.60 Å². The van der Waals surface area contributed by atoms with E-state index in [0.29, 0.717) is 12.5 Å². The van der Waals surface area contributed by atoms with Gasteiger partial charge >= 0.3 is 0 Å². The van der Waals surface area contributed by atoms with Crippen LogP contribution < -0.4 is 5.32 Å². The number of rotatable bonds is 2. The molecule has 1 unspecified atom stereocenters. The minimum Gasteiger partial charge on any atom is -0.388 e. The van der Waals surface area contributed by atoms with Crippen LogP contribution in [0.4, 0.5) is 0 Å². The summed E-state index contributed by atoms with van der Waals surface area (Å²) in [5.74, 6) is 0.675. The normalized spacial score (nSPS) is 32.1. The van der Waals surface area contributed by atoms with Gasteiger partial charge in [-0.1, -0.05) is 13.8 Å². The maximum absolute atomic E-state index is 9.93. The van der Waals surface area contributed by atoms with Crippen LogP contribution in [0.25, 0.3) is 0 Å². The molecule has 0 saturated carbocycles. The predicted molar refractivity (Wildman–Crippen MR) is 54.8 cm³/mol. The highest BCUT2D eigenvalue weighted by molar-refractivity contribution is 4.83. The Morgan fingerprint density at radius 1 is 1.54 bits per heavy atom. The van der Waals surface area contributed by atoms with E-state index in [-0.39, 0.29) is 0 Å². The predicted octanol–water partition coefficient (Wildman–Crippen LogP) is 0.299. The Hall–Kier alpha value is -0.120. The van der Waals surface area contributed by atoms with Crippen LogP contribution in [-0.2, 0) is 0 Å². The van der Waals surface area contributed by atoms with Crippen molar-refractivity contribution in [2.75, 3.05) is 32.7 Å². The fraction of sp³-hybridized carbons (Fsp3) is 1.00. The van der Waals surface area contributed by atoms with Gasteiger partial charge in [-0.05, 0) is 12.8 Å². The Balaban J connectivity index is 2.45. The summed E-state index contributed by atoms with van der Waals surface area (Å²) in [6, 6.07) is 0. The molecule has 1 heterocycles. The minimum atomic E-state index is -0.564. The van der Waals surface area contributed by atoms with Crippen LogP contribution in [-0.4, -0.2) is 48.3 Å². The third-order valence-corrected chi connectivity index (χ3v) is 2.30. The van der Waals surface area contributed by atoms with Crippen molar-refractivity contribution >= 4 is 0 Å². The van der Waals surface area contributed by atoms with Crippen molar-refractivity contribution in [1.29, 1.82) is 0 Å². The molecule has 0 aliphatic carbocycles. The molecule has 1 fully saturated rings. The molecule has 1 aliphatic heterocycles. The molecule has 0 radical (unpaired) electrons. The summed E-state index contributed by atoms with van der Waals surface area (Å²) in [4.78, 5) is 2.34. The first-order chi connectivity index (χ1) is 5.99. The molecule has 1 atom stereocenters. The highest BCUT2D eigenvalue weighted by Gasteiger charge is 2.26. The van der Waals surface area contributed by atoms with Crippen molar-refractivity contribution in [2.24, 2.45) is 5.92 Å². The van der Waals surface area contributed by atoms with Crippen LogP contribution in [0.1, 0.15) is 20.8 Å². The number of aliphatic hydroxyl groups is 1. The van der Waals surface area contributed by atoms with Crippen LogP contribution in [0.5, 0.6) is 0 Å². The van der Waals surface area contributed by atoms with Crippen molar-refractivity contribution in [1.82, 2.24) is 10.2 Å². The lowest BCUT2D eigenvalue weighted by atomic mass is 10.1. The van der Waals surface area contributed by atoms with E-state index in [0.717, 1.165) is 26.2 Å². The molecular weight excluding hydrogens is 164 g/mol. The van der Waals surface area contributed by atoms with E-state index in [4.69, 9.17) is 0 Å². The SMILES string of the molecule is CC(C)CN1CCNCC(C)(O)C1. The van der Waals surface area contributed by atoms with Gasteiger partial charge in [-0.15, -0.1) is 0 Å². The monoisotopic (exact) mass is 186 g/mol. The Morgan fingerprint density at radius 3 is 2.85 bits per heavy atom. The molecule has 0 spiro atoms. The van der Waals surface area contributed by atoms with Gasteiger partial charge in [0.15, 0.2) is 0 Å². The minimum absolute atomic E-state index is 0.564. The number of nitrogens with one attached hydrogen (secondary N) is 1. The number of hydrogen-bond acceptors (Lipinski definition) is 3. The van der Waals surface area contributed by atoms with Crippen LogP contribution in [0.2, 0.25) is 0 Å². The summed E-state index contributed by atoms with van der Waals surface area (Å²) in [6.07, 6.45) is 0. The van der Waals surface area contributed by atoms with Gasteiger partial charge in [0.1, 0.15) is 0 Å². The summed E-state index contributed by atoms with van der Waals surface area (Å²) >= 11 is 0.